The predicted molar refractivity (Wildman–Crippen MR) is 118 cm³/mol. The molecule has 0 unspecified atom stereocenters. The molecule has 1 aliphatic rings. The van der Waals surface area contributed by atoms with E-state index in [1.807, 2.05) is 0 Å². The summed E-state index contributed by atoms with van der Waals surface area (Å²) in [7, 11) is 3.43. The number of hydrogen-bond acceptors (Lipinski definition) is 5. The summed E-state index contributed by atoms with van der Waals surface area (Å²) in [5, 5.41) is 17.3. The van der Waals surface area contributed by atoms with Crippen LogP contribution < -0.4 is 10.6 Å². The van der Waals surface area contributed by atoms with E-state index in [2.05, 4.69) is 34.4 Å². The molecule has 0 aliphatic carbocycles. The van der Waals surface area contributed by atoms with E-state index in [1.54, 1.807) is 26.2 Å². The van der Waals surface area contributed by atoms with Crippen LogP contribution in [0.2, 0.25) is 0 Å². The van der Waals surface area contributed by atoms with E-state index >= 15 is 0 Å². The zero-order valence-corrected chi connectivity index (χ0v) is 18.5. The molecule has 1 aliphatic heterocycles. The molecule has 2 rings (SSSR count). The first kappa shape index (κ1) is 23.6. The lowest BCUT2D eigenvalue weighted by Gasteiger charge is -2.41. The Hall–Kier alpha value is -2.68. The molecule has 166 valence electrons. The number of nitrogens with zero attached hydrogens (tertiary/aromatic N) is 4. The monoisotopic (exact) mass is 418 g/mol. The Labute approximate surface area is 178 Å². The molecule has 9 nitrogen and oxygen atoms in total. The SMILES string of the molecule is CN(C)C(=O)CNC(=NCc1ccc([N+](=O)[O-])cc1)NCC(C)(C)N1CCCCC1. The van der Waals surface area contributed by atoms with Gasteiger partial charge in [-0.1, -0.05) is 18.6 Å². The fourth-order valence-electron chi connectivity index (χ4n) is 3.30. The third-order valence-corrected chi connectivity index (χ3v) is 5.37. The molecule has 1 saturated heterocycles. The van der Waals surface area contributed by atoms with E-state index in [9.17, 15) is 14.9 Å². The van der Waals surface area contributed by atoms with Gasteiger partial charge < -0.3 is 15.5 Å². The van der Waals surface area contributed by atoms with E-state index in [-0.39, 0.29) is 23.7 Å². The minimum atomic E-state index is -0.420. The number of aliphatic imine (C=N–C) groups is 1. The molecule has 0 bridgehead atoms. The standard InChI is InChI=1S/C21H34N6O3/c1-21(2,26-12-6-5-7-13-26)16-24-20(23-15-19(28)25(3)4)22-14-17-8-10-18(11-9-17)27(29)30/h8-11H,5-7,12-16H2,1-4H3,(H2,22,23,24). The Morgan fingerprint density at radius 1 is 1.17 bits per heavy atom. The number of likely N-dealkylation sites (tertiary alicyclic amines) is 1. The number of carbonyl (C=O) groups excluding carboxylic acids is 1. The number of nitro benzene ring substituents is 1. The smallest absolute Gasteiger partial charge is 0.269 e. The first-order valence-electron chi connectivity index (χ1n) is 10.4. The Bertz CT molecular complexity index is 740. The van der Waals surface area contributed by atoms with Crippen LogP contribution in [0, 0.1) is 10.1 Å². The van der Waals surface area contributed by atoms with Gasteiger partial charge in [0.25, 0.3) is 5.69 Å². The summed E-state index contributed by atoms with van der Waals surface area (Å²) in [5.74, 6) is 0.503. The summed E-state index contributed by atoms with van der Waals surface area (Å²) >= 11 is 0. The molecule has 9 heteroatoms. The first-order valence-corrected chi connectivity index (χ1v) is 10.4. The van der Waals surface area contributed by atoms with Gasteiger partial charge in [0.05, 0.1) is 18.0 Å². The molecular formula is C21H34N6O3. The molecule has 0 spiro atoms. The van der Waals surface area contributed by atoms with Gasteiger partial charge in [-0.25, -0.2) is 4.99 Å². The fourth-order valence-corrected chi connectivity index (χ4v) is 3.30. The normalized spacial score (nSPS) is 15.5. The molecule has 30 heavy (non-hydrogen) atoms. The maximum absolute atomic E-state index is 12.0. The number of likely N-dealkylation sites (N-methyl/N-ethyl adjacent to an activating group) is 1. The van der Waals surface area contributed by atoms with Crippen molar-refractivity contribution in [3.05, 3.63) is 39.9 Å². The summed E-state index contributed by atoms with van der Waals surface area (Å²) in [4.78, 5) is 31.0. The van der Waals surface area contributed by atoms with Crippen LogP contribution in [0.3, 0.4) is 0 Å². The minimum Gasteiger partial charge on any atom is -0.355 e. The van der Waals surface area contributed by atoms with Gasteiger partial charge >= 0.3 is 0 Å². The number of rotatable bonds is 8. The Kier molecular flexibility index (Phi) is 8.58. The summed E-state index contributed by atoms with van der Waals surface area (Å²) in [5.41, 5.74) is 0.872. The number of non-ortho nitro benzene ring substituents is 1. The number of carbonyl (C=O) groups is 1. The van der Waals surface area contributed by atoms with E-state index < -0.39 is 4.92 Å². The second-order valence-corrected chi connectivity index (χ2v) is 8.44. The molecule has 0 radical (unpaired) electrons. The minimum absolute atomic E-state index is 0.0399. The van der Waals surface area contributed by atoms with Crippen molar-refractivity contribution in [1.29, 1.82) is 0 Å². The van der Waals surface area contributed by atoms with Gasteiger partial charge in [0.1, 0.15) is 0 Å². The van der Waals surface area contributed by atoms with Gasteiger partial charge in [-0.15, -0.1) is 0 Å². The fraction of sp³-hybridized carbons (Fsp3) is 0.619. The highest BCUT2D eigenvalue weighted by Crippen LogP contribution is 2.19. The third-order valence-electron chi connectivity index (χ3n) is 5.37. The molecule has 2 N–H and O–H groups in total. The van der Waals surface area contributed by atoms with Crippen LogP contribution in [0.15, 0.2) is 29.3 Å². The average Bonchev–Trinajstić information content (AvgIpc) is 2.73. The quantitative estimate of drug-likeness (QED) is 0.290. The van der Waals surface area contributed by atoms with E-state index in [0.29, 0.717) is 19.0 Å². The zero-order chi connectivity index (χ0) is 22.1. The lowest BCUT2D eigenvalue weighted by molar-refractivity contribution is -0.384. The molecule has 1 amide bonds. The van der Waals surface area contributed by atoms with E-state index in [4.69, 9.17) is 0 Å². The molecule has 1 aromatic rings. The third kappa shape index (κ3) is 7.29. The van der Waals surface area contributed by atoms with Crippen molar-refractivity contribution in [2.75, 3.05) is 40.3 Å². The van der Waals surface area contributed by atoms with Crippen LogP contribution in [0.25, 0.3) is 0 Å². The van der Waals surface area contributed by atoms with Crippen LogP contribution in [-0.4, -0.2) is 72.4 Å². The molecule has 0 saturated carbocycles. The molecule has 1 heterocycles. The van der Waals surface area contributed by atoms with Gasteiger partial charge in [-0.05, 0) is 45.3 Å². The van der Waals surface area contributed by atoms with Crippen LogP contribution in [0.5, 0.6) is 0 Å². The highest BCUT2D eigenvalue weighted by Gasteiger charge is 2.28. The van der Waals surface area contributed by atoms with Crippen molar-refractivity contribution in [1.82, 2.24) is 20.4 Å². The topological polar surface area (TPSA) is 103 Å². The molecule has 0 aromatic heterocycles. The number of benzene rings is 1. The van der Waals surface area contributed by atoms with Crippen molar-refractivity contribution in [3.8, 4) is 0 Å². The highest BCUT2D eigenvalue weighted by molar-refractivity contribution is 5.86. The van der Waals surface area contributed by atoms with Crippen molar-refractivity contribution >= 4 is 17.6 Å². The molecule has 1 aromatic carbocycles. The van der Waals surface area contributed by atoms with Crippen molar-refractivity contribution in [2.45, 2.75) is 45.2 Å². The second kappa shape index (κ2) is 10.9. The predicted octanol–water partition coefficient (Wildman–Crippen LogP) is 1.98. The van der Waals surface area contributed by atoms with Crippen LogP contribution in [0.1, 0.15) is 38.7 Å². The first-order chi connectivity index (χ1) is 14.2. The lowest BCUT2D eigenvalue weighted by Crippen LogP contribution is -2.55. The van der Waals surface area contributed by atoms with Gasteiger partial charge in [0.15, 0.2) is 5.96 Å². The van der Waals surface area contributed by atoms with Crippen molar-refractivity contribution in [3.63, 3.8) is 0 Å². The van der Waals surface area contributed by atoms with Gasteiger partial charge in [0, 0.05) is 38.3 Å². The number of nitrogens with one attached hydrogen (secondary N) is 2. The lowest BCUT2D eigenvalue weighted by atomic mass is 9.98. The number of nitro groups is 1. The average molecular weight is 419 g/mol. The number of piperidine rings is 1. The zero-order valence-electron chi connectivity index (χ0n) is 18.5. The van der Waals surface area contributed by atoms with Gasteiger partial charge in [-0.2, -0.15) is 0 Å². The summed E-state index contributed by atoms with van der Waals surface area (Å²) in [6.07, 6.45) is 3.73. The highest BCUT2D eigenvalue weighted by atomic mass is 16.6. The number of hydrogen-bond donors (Lipinski definition) is 2. The largest absolute Gasteiger partial charge is 0.355 e. The molecular weight excluding hydrogens is 384 g/mol. The van der Waals surface area contributed by atoms with E-state index in [1.165, 1.54) is 36.3 Å². The number of guanidine groups is 1. The maximum Gasteiger partial charge on any atom is 0.269 e. The summed E-state index contributed by atoms with van der Waals surface area (Å²) < 4.78 is 0. The molecule has 1 fully saturated rings. The number of amides is 1. The van der Waals surface area contributed by atoms with E-state index in [0.717, 1.165) is 18.7 Å². The Balaban J connectivity index is 2.03. The second-order valence-electron chi connectivity index (χ2n) is 8.44. The summed E-state index contributed by atoms with van der Waals surface area (Å²) in [6.45, 7) is 7.80. The molecule has 0 atom stereocenters. The Morgan fingerprint density at radius 3 is 2.37 bits per heavy atom. The van der Waals surface area contributed by atoms with Crippen LogP contribution >= 0.6 is 0 Å². The maximum atomic E-state index is 12.0. The van der Waals surface area contributed by atoms with Crippen molar-refractivity contribution < 1.29 is 9.72 Å². The van der Waals surface area contributed by atoms with Crippen LogP contribution in [0.4, 0.5) is 5.69 Å². The Morgan fingerprint density at radius 2 is 1.80 bits per heavy atom. The van der Waals surface area contributed by atoms with Gasteiger partial charge in [0.2, 0.25) is 5.91 Å². The van der Waals surface area contributed by atoms with Crippen molar-refractivity contribution in [2.24, 2.45) is 4.99 Å². The summed E-state index contributed by atoms with van der Waals surface area (Å²) in [6, 6.07) is 6.34. The van der Waals surface area contributed by atoms with Crippen LogP contribution in [-0.2, 0) is 11.3 Å². The van der Waals surface area contributed by atoms with Gasteiger partial charge in [-0.3, -0.25) is 19.8 Å².